The summed E-state index contributed by atoms with van der Waals surface area (Å²) in [6.45, 7) is 2.13. The zero-order valence-electron chi connectivity index (χ0n) is 14.0. The molecule has 0 fully saturated rings. The van der Waals surface area contributed by atoms with Crippen molar-refractivity contribution in [3.05, 3.63) is 83.7 Å². The van der Waals surface area contributed by atoms with Gasteiger partial charge in [-0.15, -0.1) is 0 Å². The summed E-state index contributed by atoms with van der Waals surface area (Å²) in [7, 11) is 0. The number of rotatable bonds is 3. The molecule has 122 valence electrons. The molecule has 3 heteroatoms. The summed E-state index contributed by atoms with van der Waals surface area (Å²) < 4.78 is 0. The number of fused-ring (bicyclic) bond motifs is 1. The quantitative estimate of drug-likeness (QED) is 0.702. The molecule has 2 heterocycles. The maximum absolute atomic E-state index is 12.4. The number of aryl methyl sites for hydroxylation is 1. The zero-order chi connectivity index (χ0) is 17.2. The molecule has 2 aromatic carbocycles. The van der Waals surface area contributed by atoms with Crippen LogP contribution in [-0.2, 0) is 11.2 Å². The summed E-state index contributed by atoms with van der Waals surface area (Å²) in [5.41, 5.74) is 6.90. The summed E-state index contributed by atoms with van der Waals surface area (Å²) in [5, 5.41) is 2.97. The Morgan fingerprint density at radius 2 is 1.88 bits per heavy atom. The standard InChI is InChI=1S/C22H18N2O/c1-2-15-5-7-16(8-6-15)12-20-19-10-9-17(13-21(19)24-22(20)25)18-4-3-11-23-14-18/h3-14H,2H2,1H3,(H,24,25). The topological polar surface area (TPSA) is 42.0 Å². The van der Waals surface area contributed by atoms with E-state index < -0.39 is 0 Å². The van der Waals surface area contributed by atoms with Crippen molar-refractivity contribution in [2.24, 2.45) is 0 Å². The van der Waals surface area contributed by atoms with Gasteiger partial charge in [-0.05, 0) is 41.3 Å². The number of pyridine rings is 1. The van der Waals surface area contributed by atoms with Gasteiger partial charge < -0.3 is 5.32 Å². The highest BCUT2D eigenvalue weighted by Gasteiger charge is 2.24. The first-order valence-electron chi connectivity index (χ1n) is 8.41. The molecule has 4 rings (SSSR count). The molecule has 3 nitrogen and oxygen atoms in total. The van der Waals surface area contributed by atoms with E-state index in [1.54, 1.807) is 6.20 Å². The largest absolute Gasteiger partial charge is 0.321 e. The predicted octanol–water partition coefficient (Wildman–Crippen LogP) is 4.80. The second kappa shape index (κ2) is 6.36. The summed E-state index contributed by atoms with van der Waals surface area (Å²) in [6, 6.07) is 18.3. The first kappa shape index (κ1) is 15.3. The number of nitrogens with one attached hydrogen (secondary N) is 1. The molecule has 3 aromatic rings. The van der Waals surface area contributed by atoms with Crippen molar-refractivity contribution in [2.75, 3.05) is 5.32 Å². The van der Waals surface area contributed by atoms with Crippen LogP contribution in [0.15, 0.2) is 67.0 Å². The SMILES string of the molecule is CCc1ccc(C=C2C(=O)Nc3cc(-c4cccnc4)ccc32)cc1. The van der Waals surface area contributed by atoms with Crippen LogP contribution in [0.25, 0.3) is 22.8 Å². The lowest BCUT2D eigenvalue weighted by Gasteiger charge is -2.04. The monoisotopic (exact) mass is 326 g/mol. The summed E-state index contributed by atoms with van der Waals surface area (Å²) >= 11 is 0. The fraction of sp³-hybridized carbons (Fsp3) is 0.0909. The third-order valence-corrected chi connectivity index (χ3v) is 4.50. The average molecular weight is 326 g/mol. The molecule has 1 aromatic heterocycles. The number of hydrogen-bond donors (Lipinski definition) is 1. The number of aromatic nitrogens is 1. The van der Waals surface area contributed by atoms with Crippen molar-refractivity contribution in [3.8, 4) is 11.1 Å². The van der Waals surface area contributed by atoms with Gasteiger partial charge in [-0.25, -0.2) is 0 Å². The number of amides is 1. The van der Waals surface area contributed by atoms with Gasteiger partial charge in [0.15, 0.2) is 0 Å². The lowest BCUT2D eigenvalue weighted by molar-refractivity contribution is -0.110. The fourth-order valence-electron chi connectivity index (χ4n) is 3.07. The lowest BCUT2D eigenvalue weighted by Crippen LogP contribution is -2.03. The van der Waals surface area contributed by atoms with E-state index in [2.05, 4.69) is 41.5 Å². The molecule has 1 aliphatic heterocycles. The Kier molecular flexibility index (Phi) is 3.90. The summed E-state index contributed by atoms with van der Waals surface area (Å²) in [6.07, 6.45) is 6.54. The van der Waals surface area contributed by atoms with Gasteiger partial charge in [-0.2, -0.15) is 0 Å². The molecule has 0 unspecified atom stereocenters. The fourth-order valence-corrected chi connectivity index (χ4v) is 3.07. The summed E-state index contributed by atoms with van der Waals surface area (Å²) in [5.74, 6) is -0.0575. The van der Waals surface area contributed by atoms with Crippen LogP contribution in [0.4, 0.5) is 5.69 Å². The van der Waals surface area contributed by atoms with E-state index in [9.17, 15) is 4.79 Å². The number of carbonyl (C=O) groups excluding carboxylic acids is 1. The maximum atomic E-state index is 12.4. The number of nitrogens with zero attached hydrogens (tertiary/aromatic N) is 1. The minimum atomic E-state index is -0.0575. The number of carbonyl (C=O) groups is 1. The van der Waals surface area contributed by atoms with E-state index in [-0.39, 0.29) is 5.91 Å². The average Bonchev–Trinajstić information content (AvgIpc) is 2.97. The van der Waals surface area contributed by atoms with Crippen LogP contribution in [0.3, 0.4) is 0 Å². The molecule has 0 saturated heterocycles. The summed E-state index contributed by atoms with van der Waals surface area (Å²) in [4.78, 5) is 16.6. The van der Waals surface area contributed by atoms with Crippen LogP contribution < -0.4 is 5.32 Å². The van der Waals surface area contributed by atoms with Crippen LogP contribution >= 0.6 is 0 Å². The lowest BCUT2D eigenvalue weighted by atomic mass is 9.99. The highest BCUT2D eigenvalue weighted by Crippen LogP contribution is 2.36. The molecule has 0 spiro atoms. The normalized spacial score (nSPS) is 14.4. The van der Waals surface area contributed by atoms with Crippen LogP contribution in [0.5, 0.6) is 0 Å². The van der Waals surface area contributed by atoms with Gasteiger partial charge in [-0.1, -0.05) is 49.4 Å². The Bertz CT molecular complexity index is 957. The van der Waals surface area contributed by atoms with Gasteiger partial charge >= 0.3 is 0 Å². The van der Waals surface area contributed by atoms with Crippen molar-refractivity contribution < 1.29 is 4.79 Å². The first-order valence-corrected chi connectivity index (χ1v) is 8.41. The van der Waals surface area contributed by atoms with Gasteiger partial charge in [-0.3, -0.25) is 9.78 Å². The highest BCUT2D eigenvalue weighted by molar-refractivity contribution is 6.35. The minimum Gasteiger partial charge on any atom is -0.321 e. The highest BCUT2D eigenvalue weighted by atomic mass is 16.2. The van der Waals surface area contributed by atoms with Crippen LogP contribution in [0.1, 0.15) is 23.6 Å². The maximum Gasteiger partial charge on any atom is 0.256 e. The van der Waals surface area contributed by atoms with Gasteiger partial charge in [0.2, 0.25) is 0 Å². The molecule has 1 N–H and O–H groups in total. The molecule has 0 radical (unpaired) electrons. The third kappa shape index (κ3) is 2.96. The van der Waals surface area contributed by atoms with E-state index in [0.29, 0.717) is 5.57 Å². The molecule has 1 aliphatic rings. The predicted molar refractivity (Wildman–Crippen MR) is 102 cm³/mol. The Hall–Kier alpha value is -3.20. The van der Waals surface area contributed by atoms with Crippen molar-refractivity contribution in [1.29, 1.82) is 0 Å². The molecular weight excluding hydrogens is 308 g/mol. The second-order valence-electron chi connectivity index (χ2n) is 6.11. The van der Waals surface area contributed by atoms with E-state index in [0.717, 1.165) is 34.4 Å². The molecule has 0 atom stereocenters. The van der Waals surface area contributed by atoms with Gasteiger partial charge in [0.05, 0.1) is 0 Å². The number of anilines is 1. The Morgan fingerprint density at radius 1 is 1.04 bits per heavy atom. The molecule has 0 saturated carbocycles. The van der Waals surface area contributed by atoms with Crippen LogP contribution in [0, 0.1) is 0 Å². The Balaban J connectivity index is 1.71. The molecule has 25 heavy (non-hydrogen) atoms. The van der Waals surface area contributed by atoms with Gasteiger partial charge in [0.1, 0.15) is 0 Å². The van der Waals surface area contributed by atoms with E-state index in [1.807, 2.05) is 42.6 Å². The molecule has 0 aliphatic carbocycles. The minimum absolute atomic E-state index is 0.0575. The van der Waals surface area contributed by atoms with Crippen LogP contribution in [0.2, 0.25) is 0 Å². The molecule has 0 bridgehead atoms. The third-order valence-electron chi connectivity index (χ3n) is 4.50. The van der Waals surface area contributed by atoms with Crippen molar-refractivity contribution >= 4 is 23.2 Å². The second-order valence-corrected chi connectivity index (χ2v) is 6.11. The van der Waals surface area contributed by atoms with Gasteiger partial charge in [0, 0.05) is 34.8 Å². The van der Waals surface area contributed by atoms with E-state index in [1.165, 1.54) is 5.56 Å². The zero-order valence-corrected chi connectivity index (χ0v) is 14.0. The van der Waals surface area contributed by atoms with Crippen molar-refractivity contribution in [3.63, 3.8) is 0 Å². The Labute approximate surface area is 147 Å². The van der Waals surface area contributed by atoms with E-state index in [4.69, 9.17) is 0 Å². The van der Waals surface area contributed by atoms with Crippen molar-refractivity contribution in [1.82, 2.24) is 4.98 Å². The van der Waals surface area contributed by atoms with E-state index >= 15 is 0 Å². The molecular formula is C22H18N2O. The van der Waals surface area contributed by atoms with Gasteiger partial charge in [0.25, 0.3) is 5.91 Å². The number of benzene rings is 2. The van der Waals surface area contributed by atoms with Crippen LogP contribution in [-0.4, -0.2) is 10.9 Å². The van der Waals surface area contributed by atoms with Crippen molar-refractivity contribution in [2.45, 2.75) is 13.3 Å². The number of hydrogen-bond acceptors (Lipinski definition) is 2. The first-order chi connectivity index (χ1) is 12.2. The molecule has 1 amide bonds. The smallest absolute Gasteiger partial charge is 0.256 e. The Morgan fingerprint density at radius 3 is 2.60 bits per heavy atom.